The summed E-state index contributed by atoms with van der Waals surface area (Å²) in [4.78, 5) is 23.9. The van der Waals surface area contributed by atoms with Gasteiger partial charge >= 0.3 is 5.00 Å². The van der Waals surface area contributed by atoms with Crippen molar-refractivity contribution in [2.24, 2.45) is 5.73 Å². The summed E-state index contributed by atoms with van der Waals surface area (Å²) >= 11 is 0.906. The lowest BCUT2D eigenvalue weighted by Gasteiger charge is -2.13. The largest absolute Gasteiger partial charge is 0.336 e. The molecular formula is C9H12ClN3O3S. The quantitative estimate of drug-likeness (QED) is 0.651. The Morgan fingerprint density at radius 2 is 2.29 bits per heavy atom. The average molecular weight is 278 g/mol. The summed E-state index contributed by atoms with van der Waals surface area (Å²) in [6, 6.07) is 2.88. The molecule has 2 heterocycles. The lowest BCUT2D eigenvalue weighted by atomic mass is 10.3. The van der Waals surface area contributed by atoms with Gasteiger partial charge in [0.25, 0.3) is 5.91 Å². The standard InChI is InChI=1S/C9H11N3O3S.ClH/c10-6-3-4-11(5-6)9(13)7-1-2-8(16-7)12(14)15;/h1-2,6H,3-5,10H2;1H/t6-;/m0./s1. The van der Waals surface area contributed by atoms with Crippen LogP contribution in [0, 0.1) is 10.1 Å². The molecule has 1 fully saturated rings. The van der Waals surface area contributed by atoms with Gasteiger partial charge in [-0.3, -0.25) is 14.9 Å². The number of nitrogens with two attached hydrogens (primary N) is 1. The van der Waals surface area contributed by atoms with Crippen molar-refractivity contribution in [2.45, 2.75) is 12.5 Å². The number of hydrogen-bond donors (Lipinski definition) is 1. The minimum absolute atomic E-state index is 0. The van der Waals surface area contributed by atoms with E-state index in [1.807, 2.05) is 0 Å². The molecule has 6 nitrogen and oxygen atoms in total. The molecule has 94 valence electrons. The Labute approximate surface area is 108 Å². The third kappa shape index (κ3) is 2.93. The number of nitro groups is 1. The van der Waals surface area contributed by atoms with Crippen LogP contribution in [0.1, 0.15) is 16.1 Å². The van der Waals surface area contributed by atoms with Gasteiger partial charge in [-0.2, -0.15) is 0 Å². The topological polar surface area (TPSA) is 89.5 Å². The van der Waals surface area contributed by atoms with Gasteiger partial charge in [-0.25, -0.2) is 0 Å². The van der Waals surface area contributed by atoms with Crippen molar-refractivity contribution in [3.63, 3.8) is 0 Å². The van der Waals surface area contributed by atoms with E-state index in [9.17, 15) is 14.9 Å². The van der Waals surface area contributed by atoms with Crippen LogP contribution in [-0.2, 0) is 0 Å². The molecule has 2 N–H and O–H groups in total. The minimum Gasteiger partial charge on any atom is -0.336 e. The number of rotatable bonds is 2. The highest BCUT2D eigenvalue weighted by Gasteiger charge is 2.26. The summed E-state index contributed by atoms with van der Waals surface area (Å²) < 4.78 is 0. The smallest absolute Gasteiger partial charge is 0.324 e. The van der Waals surface area contributed by atoms with Crippen LogP contribution in [0.2, 0.25) is 0 Å². The van der Waals surface area contributed by atoms with Gasteiger partial charge in [-0.05, 0) is 12.5 Å². The Morgan fingerprint density at radius 3 is 2.76 bits per heavy atom. The van der Waals surface area contributed by atoms with Gasteiger partial charge < -0.3 is 10.6 Å². The van der Waals surface area contributed by atoms with E-state index >= 15 is 0 Å². The predicted octanol–water partition coefficient (Wildman–Crippen LogP) is 1.25. The van der Waals surface area contributed by atoms with Gasteiger partial charge in [-0.1, -0.05) is 11.3 Å². The Bertz CT molecular complexity index is 437. The van der Waals surface area contributed by atoms with Crippen LogP contribution in [0.25, 0.3) is 0 Å². The molecule has 1 saturated heterocycles. The van der Waals surface area contributed by atoms with E-state index in [1.54, 1.807) is 4.90 Å². The summed E-state index contributed by atoms with van der Waals surface area (Å²) in [6.07, 6.45) is 0.791. The lowest BCUT2D eigenvalue weighted by Crippen LogP contribution is -2.31. The highest BCUT2D eigenvalue weighted by Crippen LogP contribution is 2.25. The summed E-state index contributed by atoms with van der Waals surface area (Å²) in [7, 11) is 0. The third-order valence-electron chi connectivity index (χ3n) is 2.49. The Balaban J connectivity index is 0.00000144. The molecule has 2 rings (SSSR count). The van der Waals surface area contributed by atoms with Gasteiger partial charge in [0.15, 0.2) is 0 Å². The van der Waals surface area contributed by atoms with E-state index in [0.29, 0.717) is 18.0 Å². The molecule has 17 heavy (non-hydrogen) atoms. The van der Waals surface area contributed by atoms with Gasteiger partial charge in [-0.15, -0.1) is 12.4 Å². The molecule has 0 bridgehead atoms. The van der Waals surface area contributed by atoms with Crippen LogP contribution in [0.3, 0.4) is 0 Å². The fourth-order valence-electron chi connectivity index (χ4n) is 1.67. The van der Waals surface area contributed by atoms with Crippen molar-refractivity contribution in [2.75, 3.05) is 13.1 Å². The van der Waals surface area contributed by atoms with Crippen molar-refractivity contribution >= 4 is 34.7 Å². The van der Waals surface area contributed by atoms with Crippen molar-refractivity contribution in [3.05, 3.63) is 27.1 Å². The van der Waals surface area contributed by atoms with E-state index in [4.69, 9.17) is 5.73 Å². The minimum atomic E-state index is -0.489. The zero-order chi connectivity index (χ0) is 11.7. The highest BCUT2D eigenvalue weighted by atomic mass is 35.5. The Morgan fingerprint density at radius 1 is 1.59 bits per heavy atom. The number of likely N-dealkylation sites (tertiary alicyclic amines) is 1. The summed E-state index contributed by atoms with van der Waals surface area (Å²) in [6.45, 7) is 1.16. The van der Waals surface area contributed by atoms with Gasteiger partial charge in [0, 0.05) is 25.2 Å². The fourth-order valence-corrected chi connectivity index (χ4v) is 2.46. The highest BCUT2D eigenvalue weighted by molar-refractivity contribution is 7.17. The molecule has 1 aliphatic heterocycles. The zero-order valence-electron chi connectivity index (χ0n) is 8.87. The van der Waals surface area contributed by atoms with Crippen LogP contribution < -0.4 is 5.73 Å². The van der Waals surface area contributed by atoms with Crippen LogP contribution in [0.4, 0.5) is 5.00 Å². The second-order valence-corrected chi connectivity index (χ2v) is 4.76. The maximum Gasteiger partial charge on any atom is 0.324 e. The molecule has 1 aromatic rings. The number of carbonyl (C=O) groups excluding carboxylic acids is 1. The molecule has 0 unspecified atom stereocenters. The number of thiophene rings is 1. The normalized spacial score (nSPS) is 18.9. The molecule has 0 aromatic carbocycles. The summed E-state index contributed by atoms with van der Waals surface area (Å²) in [5.41, 5.74) is 5.70. The number of nitrogens with zero attached hydrogens (tertiary/aromatic N) is 2. The Kier molecular flexibility index (Phi) is 4.44. The molecule has 0 spiro atoms. The molecule has 1 aromatic heterocycles. The van der Waals surface area contributed by atoms with Crippen LogP contribution in [0.15, 0.2) is 12.1 Å². The van der Waals surface area contributed by atoms with Crippen molar-refractivity contribution in [1.29, 1.82) is 0 Å². The van der Waals surface area contributed by atoms with Crippen molar-refractivity contribution < 1.29 is 9.72 Å². The molecule has 1 atom stereocenters. The molecule has 0 radical (unpaired) electrons. The number of amides is 1. The van der Waals surface area contributed by atoms with Crippen LogP contribution in [0.5, 0.6) is 0 Å². The maximum absolute atomic E-state index is 11.9. The molecule has 0 aliphatic carbocycles. The molecular weight excluding hydrogens is 266 g/mol. The van der Waals surface area contributed by atoms with Crippen molar-refractivity contribution in [1.82, 2.24) is 4.90 Å². The van der Waals surface area contributed by atoms with E-state index < -0.39 is 4.92 Å². The molecule has 8 heteroatoms. The third-order valence-corrected chi connectivity index (χ3v) is 3.52. The van der Waals surface area contributed by atoms with Gasteiger partial charge in [0.05, 0.1) is 9.80 Å². The van der Waals surface area contributed by atoms with E-state index in [-0.39, 0.29) is 29.4 Å². The number of hydrogen-bond acceptors (Lipinski definition) is 5. The first-order valence-electron chi connectivity index (χ1n) is 4.87. The number of halogens is 1. The van der Waals surface area contributed by atoms with E-state index in [0.717, 1.165) is 17.8 Å². The fraction of sp³-hybridized carbons (Fsp3) is 0.444. The monoisotopic (exact) mass is 277 g/mol. The summed E-state index contributed by atoms with van der Waals surface area (Å²) in [5.74, 6) is -0.161. The first kappa shape index (κ1) is 13.9. The SMILES string of the molecule is Cl.N[C@H]1CCN(C(=O)c2ccc([N+](=O)[O-])s2)C1. The summed E-state index contributed by atoms with van der Waals surface area (Å²) in [5, 5.41) is 10.5. The Hall–Kier alpha value is -1.18. The first-order chi connectivity index (χ1) is 7.58. The number of carbonyl (C=O) groups is 1. The second kappa shape index (κ2) is 5.44. The van der Waals surface area contributed by atoms with E-state index in [1.165, 1.54) is 12.1 Å². The predicted molar refractivity (Wildman–Crippen MR) is 66.7 cm³/mol. The van der Waals surface area contributed by atoms with Gasteiger partial charge in [0.2, 0.25) is 0 Å². The lowest BCUT2D eigenvalue weighted by molar-refractivity contribution is -0.380. The zero-order valence-corrected chi connectivity index (χ0v) is 10.5. The van der Waals surface area contributed by atoms with Crippen molar-refractivity contribution in [3.8, 4) is 0 Å². The molecule has 1 amide bonds. The molecule has 1 aliphatic rings. The van der Waals surface area contributed by atoms with Gasteiger partial charge in [0.1, 0.15) is 0 Å². The van der Waals surface area contributed by atoms with Crippen LogP contribution in [-0.4, -0.2) is 34.9 Å². The molecule has 0 saturated carbocycles. The van der Waals surface area contributed by atoms with E-state index in [2.05, 4.69) is 0 Å². The second-order valence-electron chi connectivity index (χ2n) is 3.69. The maximum atomic E-state index is 11.9. The first-order valence-corrected chi connectivity index (χ1v) is 5.68. The van der Waals surface area contributed by atoms with Crippen LogP contribution >= 0.6 is 23.7 Å². The average Bonchev–Trinajstić information content (AvgIpc) is 2.84.